The van der Waals surface area contributed by atoms with Crippen LogP contribution in [0.25, 0.3) is 0 Å². The predicted octanol–water partition coefficient (Wildman–Crippen LogP) is 3.98. The standard InChI is InChI=1S/C22H21Cl2N3O2/c1-26(2)20-19(21(28)22(20)29)25-14-6-4-12(5-7-14)16-10-27(3)11-17-15(16)8-13(23)9-18(17)24/h4-9,16,25H,10-11H2,1-3H3. The normalized spacial score (nSPS) is 16.7. The van der Waals surface area contributed by atoms with Crippen LogP contribution >= 0.6 is 23.2 Å². The molecule has 1 atom stereocenters. The first-order valence-corrected chi connectivity index (χ1v) is 10.1. The van der Waals surface area contributed by atoms with Gasteiger partial charge in [-0.2, -0.15) is 0 Å². The van der Waals surface area contributed by atoms with Gasteiger partial charge in [0.2, 0.25) is 0 Å². The fourth-order valence-corrected chi connectivity index (χ4v) is 4.56. The number of hydrogen-bond acceptors (Lipinski definition) is 5. The second-order valence-electron chi connectivity index (χ2n) is 7.73. The summed E-state index contributed by atoms with van der Waals surface area (Å²) in [6, 6.07) is 11.7. The highest BCUT2D eigenvalue weighted by atomic mass is 35.5. The quantitative estimate of drug-likeness (QED) is 0.635. The lowest BCUT2D eigenvalue weighted by Crippen LogP contribution is -2.39. The molecule has 1 N–H and O–H groups in total. The Labute approximate surface area is 179 Å². The summed E-state index contributed by atoms with van der Waals surface area (Å²) in [5, 5.41) is 4.41. The molecule has 0 amide bonds. The average Bonchev–Trinajstić information content (AvgIpc) is 2.67. The summed E-state index contributed by atoms with van der Waals surface area (Å²) < 4.78 is 0. The molecule has 1 aliphatic heterocycles. The van der Waals surface area contributed by atoms with Crippen LogP contribution in [0.4, 0.5) is 17.1 Å². The van der Waals surface area contributed by atoms with Crippen molar-refractivity contribution in [3.63, 3.8) is 0 Å². The van der Waals surface area contributed by atoms with Gasteiger partial charge in [0.05, 0.1) is 0 Å². The van der Waals surface area contributed by atoms with Crippen molar-refractivity contribution in [2.45, 2.75) is 12.5 Å². The highest BCUT2D eigenvalue weighted by Crippen LogP contribution is 2.38. The minimum absolute atomic E-state index is 0.150. The molecule has 0 bridgehead atoms. The second kappa shape index (κ2) is 7.48. The summed E-state index contributed by atoms with van der Waals surface area (Å²) in [5.41, 5.74) is 3.97. The van der Waals surface area contributed by atoms with Gasteiger partial charge in [0.1, 0.15) is 11.4 Å². The molecule has 1 heterocycles. The molecule has 3 aromatic rings. The zero-order chi connectivity index (χ0) is 20.9. The van der Waals surface area contributed by atoms with E-state index in [1.807, 2.05) is 30.3 Å². The zero-order valence-corrected chi connectivity index (χ0v) is 17.9. The summed E-state index contributed by atoms with van der Waals surface area (Å²) in [6.45, 7) is 1.65. The number of benzene rings is 2. The van der Waals surface area contributed by atoms with Crippen LogP contribution in [0, 0.1) is 0 Å². The van der Waals surface area contributed by atoms with Gasteiger partial charge in [-0.1, -0.05) is 35.3 Å². The maximum Gasteiger partial charge on any atom is 0.253 e. The molecule has 0 aliphatic carbocycles. The number of hydrogen-bond donors (Lipinski definition) is 1. The molecule has 150 valence electrons. The van der Waals surface area contributed by atoms with Crippen molar-refractivity contribution in [1.82, 2.24) is 4.90 Å². The van der Waals surface area contributed by atoms with Crippen molar-refractivity contribution < 1.29 is 0 Å². The van der Waals surface area contributed by atoms with E-state index in [9.17, 15) is 9.59 Å². The van der Waals surface area contributed by atoms with Crippen LogP contribution in [0.1, 0.15) is 22.6 Å². The van der Waals surface area contributed by atoms with Crippen LogP contribution in [-0.2, 0) is 6.54 Å². The monoisotopic (exact) mass is 429 g/mol. The largest absolute Gasteiger partial charge is 0.373 e. The van der Waals surface area contributed by atoms with E-state index < -0.39 is 10.9 Å². The van der Waals surface area contributed by atoms with E-state index in [1.54, 1.807) is 25.1 Å². The lowest BCUT2D eigenvalue weighted by atomic mass is 9.84. The molecule has 7 heteroatoms. The van der Waals surface area contributed by atoms with Crippen molar-refractivity contribution in [3.8, 4) is 0 Å². The molecule has 1 unspecified atom stereocenters. The number of fused-ring (bicyclic) bond motifs is 1. The Bertz CT molecular complexity index is 1150. The number of anilines is 3. The third kappa shape index (κ3) is 3.54. The SMILES string of the molecule is CN1Cc2c(Cl)cc(Cl)cc2C(c2ccc(Nc3c(N(C)C)c(=O)c3=O)cc2)C1. The first-order valence-electron chi connectivity index (χ1n) is 9.30. The summed E-state index contributed by atoms with van der Waals surface area (Å²) in [5.74, 6) is 0.150. The fourth-order valence-electron chi connectivity index (χ4n) is 4.00. The van der Waals surface area contributed by atoms with Gasteiger partial charge in [0.15, 0.2) is 0 Å². The molecule has 0 aromatic heterocycles. The van der Waals surface area contributed by atoms with Crippen molar-refractivity contribution >= 4 is 40.3 Å². The van der Waals surface area contributed by atoms with E-state index >= 15 is 0 Å². The van der Waals surface area contributed by atoms with Gasteiger partial charge in [-0.25, -0.2) is 0 Å². The van der Waals surface area contributed by atoms with E-state index in [-0.39, 0.29) is 5.92 Å². The molecule has 4 rings (SSSR count). The molecule has 0 radical (unpaired) electrons. The van der Waals surface area contributed by atoms with Crippen LogP contribution < -0.4 is 21.1 Å². The van der Waals surface area contributed by atoms with Crippen molar-refractivity contribution in [2.75, 3.05) is 37.9 Å². The van der Waals surface area contributed by atoms with Crippen molar-refractivity contribution in [3.05, 3.63) is 83.6 Å². The van der Waals surface area contributed by atoms with E-state index in [4.69, 9.17) is 23.2 Å². The van der Waals surface area contributed by atoms with E-state index in [2.05, 4.69) is 17.3 Å². The Morgan fingerprint density at radius 1 is 1.07 bits per heavy atom. The lowest BCUT2D eigenvalue weighted by molar-refractivity contribution is 0.295. The Kier molecular flexibility index (Phi) is 5.15. The molecule has 0 saturated heterocycles. The van der Waals surface area contributed by atoms with Gasteiger partial charge in [0, 0.05) is 48.8 Å². The van der Waals surface area contributed by atoms with E-state index in [0.29, 0.717) is 21.4 Å². The van der Waals surface area contributed by atoms with E-state index in [0.717, 1.165) is 35.5 Å². The predicted molar refractivity (Wildman–Crippen MR) is 120 cm³/mol. The van der Waals surface area contributed by atoms with Crippen LogP contribution in [0.2, 0.25) is 10.0 Å². The van der Waals surface area contributed by atoms with Gasteiger partial charge < -0.3 is 15.1 Å². The van der Waals surface area contributed by atoms with Gasteiger partial charge >= 0.3 is 0 Å². The minimum Gasteiger partial charge on any atom is -0.373 e. The maximum absolute atomic E-state index is 11.9. The van der Waals surface area contributed by atoms with Crippen LogP contribution in [-0.4, -0.2) is 32.6 Å². The molecule has 1 aliphatic rings. The first kappa shape index (κ1) is 20.0. The number of rotatable bonds is 4. The first-order chi connectivity index (χ1) is 13.8. The zero-order valence-electron chi connectivity index (χ0n) is 16.4. The molecule has 29 heavy (non-hydrogen) atoms. The minimum atomic E-state index is -0.482. The van der Waals surface area contributed by atoms with E-state index in [1.165, 1.54) is 0 Å². The summed E-state index contributed by atoms with van der Waals surface area (Å²) in [4.78, 5) is 27.6. The smallest absolute Gasteiger partial charge is 0.253 e. The highest BCUT2D eigenvalue weighted by molar-refractivity contribution is 6.35. The number of likely N-dealkylation sites (N-methyl/N-ethyl adjacent to an activating group) is 1. The Balaban J connectivity index is 1.64. The van der Waals surface area contributed by atoms with Gasteiger partial charge in [-0.3, -0.25) is 9.59 Å². The van der Waals surface area contributed by atoms with Gasteiger partial charge in [-0.15, -0.1) is 0 Å². The molecule has 0 saturated carbocycles. The molecular weight excluding hydrogens is 409 g/mol. The molecule has 3 aromatic carbocycles. The maximum atomic E-state index is 11.9. The molecule has 0 fully saturated rings. The van der Waals surface area contributed by atoms with Crippen molar-refractivity contribution in [1.29, 1.82) is 0 Å². The topological polar surface area (TPSA) is 52.6 Å². The number of halogens is 2. The third-order valence-electron chi connectivity index (χ3n) is 5.41. The lowest BCUT2D eigenvalue weighted by Gasteiger charge is -2.33. The highest BCUT2D eigenvalue weighted by Gasteiger charge is 2.27. The van der Waals surface area contributed by atoms with Gasteiger partial charge in [-0.05, 0) is 48.0 Å². The van der Waals surface area contributed by atoms with Crippen molar-refractivity contribution in [2.24, 2.45) is 0 Å². The summed E-state index contributed by atoms with van der Waals surface area (Å²) in [7, 11) is 5.57. The molecular formula is C22H21Cl2N3O2. The van der Waals surface area contributed by atoms with Crippen LogP contribution in [0.5, 0.6) is 0 Å². The Morgan fingerprint density at radius 3 is 2.41 bits per heavy atom. The summed E-state index contributed by atoms with van der Waals surface area (Å²) in [6.07, 6.45) is 0. The Hall–Kier alpha value is -2.34. The Morgan fingerprint density at radius 2 is 1.76 bits per heavy atom. The third-order valence-corrected chi connectivity index (χ3v) is 5.96. The fraction of sp³-hybridized carbons (Fsp3) is 0.273. The average molecular weight is 430 g/mol. The van der Waals surface area contributed by atoms with Gasteiger partial charge in [0.25, 0.3) is 10.9 Å². The number of nitrogens with one attached hydrogen (secondary N) is 1. The molecule has 5 nitrogen and oxygen atoms in total. The number of nitrogens with zero attached hydrogens (tertiary/aromatic N) is 2. The second-order valence-corrected chi connectivity index (χ2v) is 8.57. The van der Waals surface area contributed by atoms with Crippen LogP contribution in [0.3, 0.4) is 0 Å². The van der Waals surface area contributed by atoms with Crippen LogP contribution in [0.15, 0.2) is 46.0 Å². The summed E-state index contributed by atoms with van der Waals surface area (Å²) >= 11 is 12.7. The molecule has 0 spiro atoms.